The molecule has 6 nitrogen and oxygen atoms in total. The van der Waals surface area contributed by atoms with E-state index in [-0.39, 0.29) is 0 Å². The van der Waals surface area contributed by atoms with Gasteiger partial charge in [0.1, 0.15) is 5.56 Å². The van der Waals surface area contributed by atoms with Gasteiger partial charge in [-0.05, 0) is 12.1 Å². The summed E-state index contributed by atoms with van der Waals surface area (Å²) in [6.07, 6.45) is -4.74. The Morgan fingerprint density at radius 2 is 2.10 bits per heavy atom. The summed E-state index contributed by atoms with van der Waals surface area (Å²) >= 11 is 0. The van der Waals surface area contributed by atoms with Gasteiger partial charge in [-0.15, -0.1) is 0 Å². The molecule has 0 aliphatic carbocycles. The normalized spacial score (nSPS) is 12.3. The van der Waals surface area contributed by atoms with Gasteiger partial charge in [0.15, 0.2) is 0 Å². The Hall–Kier alpha value is -2.63. The van der Waals surface area contributed by atoms with Gasteiger partial charge in [-0.2, -0.15) is 13.2 Å². The molecule has 0 bridgehead atoms. The number of halogens is 3. The maximum atomic E-state index is 12.6. The van der Waals surface area contributed by atoms with Crippen LogP contribution < -0.4 is 0 Å². The summed E-state index contributed by atoms with van der Waals surface area (Å²) in [5, 5.41) is 10.8. The lowest BCUT2D eigenvalue weighted by Gasteiger charge is -2.09. The lowest BCUT2D eigenvalue weighted by atomic mass is 10.0. The number of ether oxygens (including phenoxy) is 1. The summed E-state index contributed by atoms with van der Waals surface area (Å²) in [6.45, 7) is 6.82. The minimum absolute atomic E-state index is 0.414. The number of carbonyl (C=O) groups is 1. The van der Waals surface area contributed by atoms with E-state index in [9.17, 15) is 28.1 Å². The predicted octanol–water partition coefficient (Wildman–Crippen LogP) is 2.75. The van der Waals surface area contributed by atoms with Gasteiger partial charge in [-0.3, -0.25) is 15.0 Å². The van der Waals surface area contributed by atoms with Crippen LogP contribution in [0.25, 0.3) is 4.85 Å². The summed E-state index contributed by atoms with van der Waals surface area (Å²) in [7, 11) is 0.931. The Bertz CT molecular complexity index is 592. The first-order valence-corrected chi connectivity index (χ1v) is 5.02. The molecule has 0 N–H and O–H groups in total. The molecule has 1 unspecified atom stereocenters. The first-order chi connectivity index (χ1) is 9.22. The molecule has 0 spiro atoms. The highest BCUT2D eigenvalue weighted by atomic mass is 19.4. The van der Waals surface area contributed by atoms with Crippen LogP contribution >= 0.6 is 0 Å². The van der Waals surface area contributed by atoms with Crippen molar-refractivity contribution in [2.45, 2.75) is 12.2 Å². The van der Waals surface area contributed by atoms with E-state index >= 15 is 0 Å². The van der Waals surface area contributed by atoms with Gasteiger partial charge in [0.2, 0.25) is 0 Å². The topological polar surface area (TPSA) is 73.8 Å². The van der Waals surface area contributed by atoms with Crippen molar-refractivity contribution in [3.8, 4) is 0 Å². The smallest absolute Gasteiger partial charge is 0.416 e. The van der Waals surface area contributed by atoms with Crippen LogP contribution in [0.1, 0.15) is 17.2 Å². The third-order valence-corrected chi connectivity index (χ3v) is 2.40. The second kappa shape index (κ2) is 5.56. The number of nitro benzene ring substituents is 1. The number of benzene rings is 1. The maximum Gasteiger partial charge on any atom is 0.416 e. The molecule has 0 radical (unpaired) electrons. The predicted molar refractivity (Wildman–Crippen MR) is 59.5 cm³/mol. The Morgan fingerprint density at radius 1 is 1.50 bits per heavy atom. The molecule has 0 saturated carbocycles. The summed E-state index contributed by atoms with van der Waals surface area (Å²) in [6, 6.07) is -0.278. The first kappa shape index (κ1) is 15.4. The van der Waals surface area contributed by atoms with Crippen molar-refractivity contribution < 1.29 is 27.6 Å². The highest BCUT2D eigenvalue weighted by molar-refractivity contribution is 5.81. The van der Waals surface area contributed by atoms with Crippen molar-refractivity contribution >= 4 is 11.7 Å². The lowest BCUT2D eigenvalue weighted by Crippen LogP contribution is -2.14. The zero-order valence-electron chi connectivity index (χ0n) is 9.97. The van der Waals surface area contributed by atoms with Gasteiger partial charge < -0.3 is 4.74 Å². The van der Waals surface area contributed by atoms with Crippen molar-refractivity contribution in [1.29, 1.82) is 0 Å². The highest BCUT2D eigenvalue weighted by Crippen LogP contribution is 2.36. The van der Waals surface area contributed by atoms with E-state index in [0.29, 0.717) is 18.2 Å². The van der Waals surface area contributed by atoms with E-state index in [4.69, 9.17) is 6.57 Å². The fourth-order valence-electron chi connectivity index (χ4n) is 1.48. The number of nitro groups is 1. The Kier molecular flexibility index (Phi) is 4.29. The number of hydrogen-bond acceptors (Lipinski definition) is 4. The number of carbonyl (C=O) groups excluding carboxylic acids is 1. The van der Waals surface area contributed by atoms with E-state index in [1.54, 1.807) is 0 Å². The van der Waals surface area contributed by atoms with Gasteiger partial charge in [0, 0.05) is 6.07 Å². The van der Waals surface area contributed by atoms with Crippen LogP contribution in [0.3, 0.4) is 0 Å². The van der Waals surface area contributed by atoms with Crippen molar-refractivity contribution in [3.05, 3.63) is 50.9 Å². The standard InChI is InChI=1S/C11H7F3N2O4/c1-15-9(10(17)20-2)7-5-6(11(12,13)14)3-4-8(7)16(18)19/h3-5,9H,2H3. The summed E-state index contributed by atoms with van der Waals surface area (Å²) in [5.74, 6) is -1.16. The average Bonchev–Trinajstić information content (AvgIpc) is 2.37. The molecule has 1 rings (SSSR count). The fraction of sp³-hybridized carbons (Fsp3) is 0.273. The van der Waals surface area contributed by atoms with Crippen LogP contribution in [-0.2, 0) is 15.7 Å². The highest BCUT2D eigenvalue weighted by Gasteiger charge is 2.38. The number of methoxy groups -OCH3 is 1. The van der Waals surface area contributed by atoms with Crippen LogP contribution in [0.15, 0.2) is 18.2 Å². The fourth-order valence-corrected chi connectivity index (χ4v) is 1.48. The van der Waals surface area contributed by atoms with Crippen molar-refractivity contribution in [2.24, 2.45) is 0 Å². The second-order valence-corrected chi connectivity index (χ2v) is 3.58. The molecule has 0 heterocycles. The third kappa shape index (κ3) is 3.03. The monoisotopic (exact) mass is 288 g/mol. The van der Waals surface area contributed by atoms with Crippen molar-refractivity contribution in [2.75, 3.05) is 7.11 Å². The summed E-state index contributed by atoms with van der Waals surface area (Å²) in [4.78, 5) is 24.0. The van der Waals surface area contributed by atoms with E-state index in [0.717, 1.165) is 7.11 Å². The largest absolute Gasteiger partial charge is 0.463 e. The molecule has 9 heteroatoms. The van der Waals surface area contributed by atoms with Crippen LogP contribution in [0.2, 0.25) is 0 Å². The molecular formula is C11H7F3N2O4. The third-order valence-electron chi connectivity index (χ3n) is 2.40. The molecule has 0 fully saturated rings. The molecule has 0 amide bonds. The van der Waals surface area contributed by atoms with Crippen LogP contribution in [0, 0.1) is 16.7 Å². The van der Waals surface area contributed by atoms with Gasteiger partial charge >= 0.3 is 18.2 Å². The molecule has 0 saturated heterocycles. The van der Waals surface area contributed by atoms with Crippen molar-refractivity contribution in [1.82, 2.24) is 0 Å². The van der Waals surface area contributed by atoms with E-state index in [1.165, 1.54) is 0 Å². The number of rotatable bonds is 3. The lowest BCUT2D eigenvalue weighted by molar-refractivity contribution is -0.385. The zero-order chi connectivity index (χ0) is 15.5. The quantitative estimate of drug-likeness (QED) is 0.371. The van der Waals surface area contributed by atoms with E-state index in [1.807, 2.05) is 0 Å². The second-order valence-electron chi connectivity index (χ2n) is 3.58. The summed E-state index contributed by atoms with van der Waals surface area (Å²) < 4.78 is 42.0. The first-order valence-electron chi connectivity index (χ1n) is 5.02. The van der Waals surface area contributed by atoms with Gasteiger partial charge in [-0.25, -0.2) is 11.4 Å². The molecular weight excluding hydrogens is 281 g/mol. The molecule has 1 aromatic carbocycles. The minimum atomic E-state index is -4.74. The SMILES string of the molecule is [C-]#[N+]C(C(=O)OC)c1cc(C(F)(F)F)ccc1[N+](=O)[O-]. The zero-order valence-corrected chi connectivity index (χ0v) is 9.97. The van der Waals surface area contributed by atoms with Gasteiger partial charge in [0.25, 0.3) is 5.69 Å². The molecule has 0 aliphatic rings. The molecule has 20 heavy (non-hydrogen) atoms. The average molecular weight is 288 g/mol. The molecule has 1 aromatic rings. The maximum absolute atomic E-state index is 12.6. The molecule has 1 atom stereocenters. The minimum Gasteiger partial charge on any atom is -0.463 e. The molecule has 0 aromatic heterocycles. The molecule has 106 valence electrons. The van der Waals surface area contributed by atoms with E-state index in [2.05, 4.69) is 9.58 Å². The van der Waals surface area contributed by atoms with Crippen LogP contribution in [0.5, 0.6) is 0 Å². The summed E-state index contributed by atoms with van der Waals surface area (Å²) in [5.41, 5.74) is -2.58. The molecule has 0 aliphatic heterocycles. The van der Waals surface area contributed by atoms with E-state index < -0.39 is 39.9 Å². The number of hydrogen-bond donors (Lipinski definition) is 0. The number of alkyl halides is 3. The van der Waals surface area contributed by atoms with Gasteiger partial charge in [-0.1, -0.05) is 0 Å². The number of nitrogens with zero attached hydrogens (tertiary/aromatic N) is 2. The van der Waals surface area contributed by atoms with Crippen LogP contribution in [-0.4, -0.2) is 18.0 Å². The Balaban J connectivity index is 3.51. The van der Waals surface area contributed by atoms with Crippen LogP contribution in [0.4, 0.5) is 18.9 Å². The number of esters is 1. The Morgan fingerprint density at radius 3 is 2.50 bits per heavy atom. The van der Waals surface area contributed by atoms with Gasteiger partial charge in [0.05, 0.1) is 17.6 Å². The Labute approximate surface area is 110 Å². The van der Waals surface area contributed by atoms with Crippen molar-refractivity contribution in [3.63, 3.8) is 0 Å².